The molecule has 1 aliphatic rings. The predicted molar refractivity (Wildman–Crippen MR) is 67.1 cm³/mol. The molecular formula is C12H25NS. The maximum atomic E-state index is 4.53. The van der Waals surface area contributed by atoms with Crippen LogP contribution in [-0.4, -0.2) is 30.3 Å². The van der Waals surface area contributed by atoms with Crippen molar-refractivity contribution in [3.63, 3.8) is 0 Å². The molecule has 1 rings (SSSR count). The summed E-state index contributed by atoms with van der Waals surface area (Å²) < 4.78 is 0. The molecule has 1 fully saturated rings. The summed E-state index contributed by atoms with van der Waals surface area (Å²) in [5, 5.41) is 0. The molecule has 1 nitrogen and oxygen atoms in total. The van der Waals surface area contributed by atoms with E-state index in [4.69, 9.17) is 0 Å². The smallest absolute Gasteiger partial charge is 0.00457 e. The molecule has 1 heterocycles. The average Bonchev–Trinajstić information content (AvgIpc) is 2.61. The van der Waals surface area contributed by atoms with Gasteiger partial charge in [0.15, 0.2) is 0 Å². The maximum Gasteiger partial charge on any atom is 0.00457 e. The van der Waals surface area contributed by atoms with E-state index in [9.17, 15) is 0 Å². The molecule has 0 aromatic rings. The normalized spacial score (nSPS) is 24.4. The van der Waals surface area contributed by atoms with E-state index in [-0.39, 0.29) is 0 Å². The lowest BCUT2D eigenvalue weighted by Gasteiger charge is -2.34. The first-order chi connectivity index (χ1) is 6.65. The van der Waals surface area contributed by atoms with Gasteiger partial charge in [0, 0.05) is 13.1 Å². The minimum absolute atomic E-state index is 0.465. The Morgan fingerprint density at radius 2 is 2.00 bits per heavy atom. The molecular weight excluding hydrogens is 190 g/mol. The van der Waals surface area contributed by atoms with Crippen LogP contribution in [0.15, 0.2) is 0 Å². The van der Waals surface area contributed by atoms with Crippen molar-refractivity contribution in [3.8, 4) is 0 Å². The predicted octanol–water partition coefficient (Wildman–Crippen LogP) is 3.06. The van der Waals surface area contributed by atoms with Gasteiger partial charge in [-0.25, -0.2) is 0 Å². The molecule has 0 radical (unpaired) electrons. The molecule has 0 saturated carbocycles. The molecule has 1 unspecified atom stereocenters. The topological polar surface area (TPSA) is 3.24 Å². The van der Waals surface area contributed by atoms with Crippen molar-refractivity contribution >= 4 is 12.6 Å². The molecule has 0 aromatic heterocycles. The monoisotopic (exact) mass is 215 g/mol. The Morgan fingerprint density at radius 1 is 1.36 bits per heavy atom. The van der Waals surface area contributed by atoms with Crippen LogP contribution in [0.3, 0.4) is 0 Å². The summed E-state index contributed by atoms with van der Waals surface area (Å²) in [4.78, 5) is 2.63. The van der Waals surface area contributed by atoms with Gasteiger partial charge in [-0.05, 0) is 42.9 Å². The minimum Gasteiger partial charge on any atom is -0.302 e. The van der Waals surface area contributed by atoms with Crippen LogP contribution in [0.1, 0.15) is 40.0 Å². The van der Waals surface area contributed by atoms with Crippen molar-refractivity contribution in [3.05, 3.63) is 0 Å². The quantitative estimate of drug-likeness (QED) is 0.690. The minimum atomic E-state index is 0.465. The van der Waals surface area contributed by atoms with Gasteiger partial charge in [0.1, 0.15) is 0 Å². The highest BCUT2D eigenvalue weighted by atomic mass is 32.1. The largest absolute Gasteiger partial charge is 0.302 e. The molecule has 0 spiro atoms. The van der Waals surface area contributed by atoms with Crippen LogP contribution in [0, 0.1) is 11.3 Å². The Balaban J connectivity index is 2.47. The summed E-state index contributed by atoms with van der Waals surface area (Å²) in [7, 11) is 0. The summed E-state index contributed by atoms with van der Waals surface area (Å²) in [6, 6.07) is 0. The lowest BCUT2D eigenvalue weighted by atomic mass is 9.84. The number of likely N-dealkylation sites (tertiary alicyclic amines) is 1. The Hall–Kier alpha value is 0.310. The maximum absolute atomic E-state index is 4.53. The van der Waals surface area contributed by atoms with Gasteiger partial charge in [-0.15, -0.1) is 0 Å². The summed E-state index contributed by atoms with van der Waals surface area (Å²) in [6.45, 7) is 10.8. The molecule has 84 valence electrons. The van der Waals surface area contributed by atoms with Crippen LogP contribution < -0.4 is 0 Å². The Kier molecular flexibility index (Phi) is 4.78. The van der Waals surface area contributed by atoms with Gasteiger partial charge in [0.25, 0.3) is 0 Å². The van der Waals surface area contributed by atoms with E-state index in [1.54, 1.807) is 0 Å². The first-order valence-electron chi connectivity index (χ1n) is 5.99. The van der Waals surface area contributed by atoms with Gasteiger partial charge >= 0.3 is 0 Å². The molecule has 14 heavy (non-hydrogen) atoms. The number of hydrogen-bond donors (Lipinski definition) is 1. The standard InChI is InChI=1S/C12H25NS/c1-4-12(5-2,10-14)9-13-7-6-11(3)8-13/h11,14H,4-10H2,1-3H3. The van der Waals surface area contributed by atoms with Gasteiger partial charge in [0.2, 0.25) is 0 Å². The molecule has 2 heteroatoms. The van der Waals surface area contributed by atoms with E-state index in [1.165, 1.54) is 38.9 Å². The van der Waals surface area contributed by atoms with E-state index in [2.05, 4.69) is 38.3 Å². The second kappa shape index (κ2) is 5.41. The van der Waals surface area contributed by atoms with Gasteiger partial charge in [-0.1, -0.05) is 20.8 Å². The third-order valence-electron chi connectivity index (χ3n) is 3.90. The van der Waals surface area contributed by atoms with Crippen LogP contribution in [0.2, 0.25) is 0 Å². The number of nitrogens with zero attached hydrogens (tertiary/aromatic N) is 1. The third kappa shape index (κ3) is 2.90. The Bertz CT molecular complexity index is 157. The van der Waals surface area contributed by atoms with Crippen molar-refractivity contribution in [2.45, 2.75) is 40.0 Å². The van der Waals surface area contributed by atoms with Crippen molar-refractivity contribution in [1.82, 2.24) is 4.90 Å². The van der Waals surface area contributed by atoms with Crippen LogP contribution >= 0.6 is 12.6 Å². The average molecular weight is 215 g/mol. The molecule has 0 aromatic carbocycles. The number of hydrogen-bond acceptors (Lipinski definition) is 2. The molecule has 0 N–H and O–H groups in total. The molecule has 1 aliphatic heterocycles. The van der Waals surface area contributed by atoms with E-state index in [0.29, 0.717) is 5.41 Å². The lowest BCUT2D eigenvalue weighted by Crippen LogP contribution is -2.37. The highest BCUT2D eigenvalue weighted by Gasteiger charge is 2.29. The van der Waals surface area contributed by atoms with Crippen LogP contribution in [0.25, 0.3) is 0 Å². The highest BCUT2D eigenvalue weighted by Crippen LogP contribution is 2.31. The summed E-state index contributed by atoms with van der Waals surface area (Å²) >= 11 is 4.53. The number of thiol groups is 1. The fraction of sp³-hybridized carbons (Fsp3) is 1.00. The van der Waals surface area contributed by atoms with Crippen LogP contribution in [0.5, 0.6) is 0 Å². The van der Waals surface area contributed by atoms with E-state index < -0.39 is 0 Å². The fourth-order valence-electron chi connectivity index (χ4n) is 2.39. The van der Waals surface area contributed by atoms with Gasteiger partial charge in [0.05, 0.1) is 0 Å². The molecule has 1 saturated heterocycles. The van der Waals surface area contributed by atoms with Crippen molar-refractivity contribution in [1.29, 1.82) is 0 Å². The second-order valence-corrected chi connectivity index (χ2v) is 5.31. The first kappa shape index (κ1) is 12.4. The van der Waals surface area contributed by atoms with E-state index in [1.807, 2.05) is 0 Å². The van der Waals surface area contributed by atoms with Crippen molar-refractivity contribution in [2.24, 2.45) is 11.3 Å². The van der Waals surface area contributed by atoms with Gasteiger partial charge in [-0.2, -0.15) is 12.6 Å². The summed E-state index contributed by atoms with van der Waals surface area (Å²) in [5.41, 5.74) is 0.465. The van der Waals surface area contributed by atoms with Crippen LogP contribution in [-0.2, 0) is 0 Å². The summed E-state index contributed by atoms with van der Waals surface area (Å²) in [6.07, 6.45) is 3.91. The zero-order chi connectivity index (χ0) is 10.6. The fourth-order valence-corrected chi connectivity index (χ4v) is 2.94. The van der Waals surface area contributed by atoms with Crippen molar-refractivity contribution in [2.75, 3.05) is 25.4 Å². The highest BCUT2D eigenvalue weighted by molar-refractivity contribution is 7.80. The third-order valence-corrected chi connectivity index (χ3v) is 4.57. The second-order valence-electron chi connectivity index (χ2n) is 4.99. The zero-order valence-electron chi connectivity index (χ0n) is 9.92. The van der Waals surface area contributed by atoms with E-state index in [0.717, 1.165) is 11.7 Å². The molecule has 0 aliphatic carbocycles. The van der Waals surface area contributed by atoms with Gasteiger partial charge < -0.3 is 4.90 Å². The molecule has 1 atom stereocenters. The van der Waals surface area contributed by atoms with Crippen molar-refractivity contribution < 1.29 is 0 Å². The van der Waals surface area contributed by atoms with Crippen LogP contribution in [0.4, 0.5) is 0 Å². The molecule has 0 bridgehead atoms. The Labute approximate surface area is 94.7 Å². The Morgan fingerprint density at radius 3 is 2.36 bits per heavy atom. The number of rotatable bonds is 5. The van der Waals surface area contributed by atoms with Gasteiger partial charge in [-0.3, -0.25) is 0 Å². The lowest BCUT2D eigenvalue weighted by molar-refractivity contribution is 0.180. The molecule has 0 amide bonds. The SMILES string of the molecule is CCC(CC)(CS)CN1CCC(C)C1. The van der Waals surface area contributed by atoms with E-state index >= 15 is 0 Å². The first-order valence-corrected chi connectivity index (χ1v) is 6.62. The zero-order valence-corrected chi connectivity index (χ0v) is 10.8. The summed E-state index contributed by atoms with van der Waals surface area (Å²) in [5.74, 6) is 1.94.